The standard InChI is InChI=1S/C12H11BrO/c13-12-4-2-1-3-11(12)10(7-8-14)9-5-6-9/h1-4,7-9H,5-6H2/b10-7-. The first kappa shape index (κ1) is 9.66. The molecule has 2 rings (SSSR count). The predicted molar refractivity (Wildman–Crippen MR) is 60.9 cm³/mol. The highest BCUT2D eigenvalue weighted by Crippen LogP contribution is 2.43. The van der Waals surface area contributed by atoms with Crippen LogP contribution in [0.3, 0.4) is 0 Å². The van der Waals surface area contributed by atoms with Crippen molar-refractivity contribution in [2.45, 2.75) is 12.8 Å². The highest BCUT2D eigenvalue weighted by atomic mass is 79.9. The van der Waals surface area contributed by atoms with Gasteiger partial charge in [-0.3, -0.25) is 4.79 Å². The summed E-state index contributed by atoms with van der Waals surface area (Å²) < 4.78 is 1.07. The summed E-state index contributed by atoms with van der Waals surface area (Å²) in [6.07, 6.45) is 4.99. The van der Waals surface area contributed by atoms with Gasteiger partial charge in [-0.1, -0.05) is 34.1 Å². The molecule has 0 heterocycles. The Morgan fingerprint density at radius 1 is 1.36 bits per heavy atom. The van der Waals surface area contributed by atoms with Crippen LogP contribution in [0.25, 0.3) is 5.57 Å². The van der Waals surface area contributed by atoms with Crippen molar-refractivity contribution in [3.8, 4) is 0 Å². The van der Waals surface area contributed by atoms with Crippen molar-refractivity contribution < 1.29 is 4.79 Å². The van der Waals surface area contributed by atoms with Crippen molar-refractivity contribution in [3.05, 3.63) is 40.4 Å². The molecule has 1 fully saturated rings. The molecular formula is C12H11BrO. The lowest BCUT2D eigenvalue weighted by atomic mass is 10.0. The maximum atomic E-state index is 10.5. The van der Waals surface area contributed by atoms with E-state index in [0.29, 0.717) is 5.92 Å². The summed E-state index contributed by atoms with van der Waals surface area (Å²) in [6, 6.07) is 8.05. The molecule has 0 radical (unpaired) electrons. The minimum atomic E-state index is 0.596. The highest BCUT2D eigenvalue weighted by Gasteiger charge is 2.27. The Kier molecular flexibility index (Phi) is 2.82. The van der Waals surface area contributed by atoms with Gasteiger partial charge >= 0.3 is 0 Å². The van der Waals surface area contributed by atoms with Crippen LogP contribution >= 0.6 is 15.9 Å². The molecule has 1 saturated carbocycles. The summed E-state index contributed by atoms with van der Waals surface area (Å²) in [7, 11) is 0. The van der Waals surface area contributed by atoms with Crippen molar-refractivity contribution in [3.63, 3.8) is 0 Å². The van der Waals surface area contributed by atoms with Crippen molar-refractivity contribution in [1.82, 2.24) is 0 Å². The molecule has 1 nitrogen and oxygen atoms in total. The quantitative estimate of drug-likeness (QED) is 0.594. The Hall–Kier alpha value is -0.890. The third-order valence-electron chi connectivity index (χ3n) is 2.45. The second-order valence-corrected chi connectivity index (χ2v) is 4.37. The van der Waals surface area contributed by atoms with E-state index in [0.717, 1.165) is 16.3 Å². The second-order valence-electron chi connectivity index (χ2n) is 3.51. The number of allylic oxidation sites excluding steroid dienone is 2. The smallest absolute Gasteiger partial charge is 0.143 e. The zero-order chi connectivity index (χ0) is 9.97. The maximum Gasteiger partial charge on any atom is 0.143 e. The van der Waals surface area contributed by atoms with E-state index in [4.69, 9.17) is 0 Å². The molecule has 1 aromatic rings. The van der Waals surface area contributed by atoms with Crippen LogP contribution < -0.4 is 0 Å². The predicted octanol–water partition coefficient (Wildman–Crippen LogP) is 3.44. The van der Waals surface area contributed by atoms with Crippen molar-refractivity contribution in [2.75, 3.05) is 0 Å². The van der Waals surface area contributed by atoms with Gasteiger partial charge in [0.15, 0.2) is 0 Å². The van der Waals surface area contributed by atoms with Gasteiger partial charge in [-0.15, -0.1) is 0 Å². The van der Waals surface area contributed by atoms with Gasteiger partial charge in [0.2, 0.25) is 0 Å². The summed E-state index contributed by atoms with van der Waals surface area (Å²) >= 11 is 3.51. The number of aldehydes is 1. The zero-order valence-corrected chi connectivity index (χ0v) is 9.33. The minimum Gasteiger partial charge on any atom is -0.299 e. The van der Waals surface area contributed by atoms with Crippen LogP contribution in [0.15, 0.2) is 34.8 Å². The van der Waals surface area contributed by atoms with Crippen LogP contribution in [0.2, 0.25) is 0 Å². The van der Waals surface area contributed by atoms with Gasteiger partial charge < -0.3 is 0 Å². The van der Waals surface area contributed by atoms with Crippen LogP contribution in [-0.2, 0) is 4.79 Å². The second kappa shape index (κ2) is 4.09. The van der Waals surface area contributed by atoms with Crippen LogP contribution in [0, 0.1) is 5.92 Å². The minimum absolute atomic E-state index is 0.596. The van der Waals surface area contributed by atoms with Crippen molar-refractivity contribution in [2.24, 2.45) is 5.92 Å². The summed E-state index contributed by atoms with van der Waals surface area (Å²) in [5.41, 5.74) is 2.33. The Morgan fingerprint density at radius 2 is 2.07 bits per heavy atom. The normalized spacial score (nSPS) is 16.8. The summed E-state index contributed by atoms with van der Waals surface area (Å²) in [6.45, 7) is 0. The first-order valence-corrected chi connectivity index (χ1v) is 5.52. The fourth-order valence-corrected chi connectivity index (χ4v) is 2.12. The molecule has 0 aromatic heterocycles. The molecule has 14 heavy (non-hydrogen) atoms. The third kappa shape index (κ3) is 1.95. The van der Waals surface area contributed by atoms with E-state index in [2.05, 4.69) is 22.0 Å². The summed E-state index contributed by atoms with van der Waals surface area (Å²) in [5, 5.41) is 0. The van der Waals surface area contributed by atoms with E-state index in [-0.39, 0.29) is 0 Å². The van der Waals surface area contributed by atoms with Gasteiger partial charge in [0, 0.05) is 4.47 Å². The summed E-state index contributed by atoms with van der Waals surface area (Å²) in [5.74, 6) is 0.596. The van der Waals surface area contributed by atoms with Crippen LogP contribution in [0.4, 0.5) is 0 Å². The number of carbonyl (C=O) groups is 1. The lowest BCUT2D eigenvalue weighted by molar-refractivity contribution is -0.104. The molecule has 0 amide bonds. The molecule has 0 bridgehead atoms. The SMILES string of the molecule is O=C/C=C(\c1ccccc1Br)C1CC1. The van der Waals surface area contributed by atoms with Gasteiger partial charge in [0.1, 0.15) is 6.29 Å². The van der Waals surface area contributed by atoms with E-state index in [1.807, 2.05) is 18.2 Å². The number of rotatable bonds is 3. The van der Waals surface area contributed by atoms with Gasteiger partial charge in [-0.05, 0) is 42.0 Å². The fourth-order valence-electron chi connectivity index (χ4n) is 1.61. The van der Waals surface area contributed by atoms with E-state index in [9.17, 15) is 4.79 Å². The molecule has 1 aromatic carbocycles. The largest absolute Gasteiger partial charge is 0.299 e. The van der Waals surface area contributed by atoms with Crippen LogP contribution in [-0.4, -0.2) is 6.29 Å². The molecule has 2 heteroatoms. The number of benzene rings is 1. The highest BCUT2D eigenvalue weighted by molar-refractivity contribution is 9.10. The third-order valence-corrected chi connectivity index (χ3v) is 3.14. The molecule has 0 saturated heterocycles. The number of hydrogen-bond donors (Lipinski definition) is 0. The Morgan fingerprint density at radius 3 is 2.64 bits per heavy atom. The lowest BCUT2D eigenvalue weighted by Crippen LogP contribution is -1.88. The molecular weight excluding hydrogens is 240 g/mol. The van der Waals surface area contributed by atoms with Crippen LogP contribution in [0.1, 0.15) is 18.4 Å². The fraction of sp³-hybridized carbons (Fsp3) is 0.250. The molecule has 0 atom stereocenters. The van der Waals surface area contributed by atoms with Crippen LogP contribution in [0.5, 0.6) is 0 Å². The molecule has 1 aliphatic carbocycles. The number of carbonyl (C=O) groups excluding carboxylic acids is 1. The average molecular weight is 251 g/mol. The average Bonchev–Trinajstić information content (AvgIpc) is 2.99. The van der Waals surface area contributed by atoms with E-state index in [1.54, 1.807) is 6.08 Å². The first-order valence-electron chi connectivity index (χ1n) is 4.73. The zero-order valence-electron chi connectivity index (χ0n) is 7.74. The molecule has 1 aliphatic rings. The molecule has 0 unspecified atom stereocenters. The molecule has 0 spiro atoms. The summed E-state index contributed by atoms with van der Waals surface area (Å²) in [4.78, 5) is 10.5. The van der Waals surface area contributed by atoms with Crippen molar-refractivity contribution >= 4 is 27.8 Å². The number of halogens is 1. The monoisotopic (exact) mass is 250 g/mol. The van der Waals surface area contributed by atoms with E-state index < -0.39 is 0 Å². The molecule has 0 N–H and O–H groups in total. The number of hydrogen-bond acceptors (Lipinski definition) is 1. The lowest BCUT2D eigenvalue weighted by Gasteiger charge is -2.06. The van der Waals surface area contributed by atoms with Crippen molar-refractivity contribution in [1.29, 1.82) is 0 Å². The van der Waals surface area contributed by atoms with Gasteiger partial charge in [-0.2, -0.15) is 0 Å². The topological polar surface area (TPSA) is 17.1 Å². The molecule has 0 aliphatic heterocycles. The van der Waals surface area contributed by atoms with Gasteiger partial charge in [0.05, 0.1) is 0 Å². The first-order chi connectivity index (χ1) is 6.83. The maximum absolute atomic E-state index is 10.5. The van der Waals surface area contributed by atoms with E-state index >= 15 is 0 Å². The Balaban J connectivity index is 2.40. The van der Waals surface area contributed by atoms with Gasteiger partial charge in [0.25, 0.3) is 0 Å². The van der Waals surface area contributed by atoms with Gasteiger partial charge in [-0.25, -0.2) is 0 Å². The Labute approximate surface area is 92.0 Å². The van der Waals surface area contributed by atoms with E-state index in [1.165, 1.54) is 18.4 Å². The molecule has 72 valence electrons. The Bertz CT molecular complexity index is 378.